The first-order valence-corrected chi connectivity index (χ1v) is 5.69. The number of carboxylic acids is 1. The Morgan fingerprint density at radius 2 is 2.00 bits per heavy atom. The van der Waals surface area contributed by atoms with Gasteiger partial charge in [-0.25, -0.2) is 9.18 Å². The zero-order valence-electron chi connectivity index (χ0n) is 8.73. The first-order chi connectivity index (χ1) is 8.06. The van der Waals surface area contributed by atoms with E-state index in [4.69, 9.17) is 5.11 Å². The molecule has 0 amide bonds. The molecule has 88 valence electrons. The molecule has 0 atom stereocenters. The van der Waals surface area contributed by atoms with Crippen LogP contribution in [0.4, 0.5) is 4.39 Å². The SMILES string of the molecule is O=C(O)c1cc(Br)n(Cc2ccc(F)cc2)c1. The van der Waals surface area contributed by atoms with Crippen molar-refractivity contribution >= 4 is 21.9 Å². The summed E-state index contributed by atoms with van der Waals surface area (Å²) in [5, 5.41) is 8.84. The van der Waals surface area contributed by atoms with E-state index in [-0.39, 0.29) is 11.4 Å². The van der Waals surface area contributed by atoms with E-state index >= 15 is 0 Å². The summed E-state index contributed by atoms with van der Waals surface area (Å²) in [7, 11) is 0. The molecule has 0 bridgehead atoms. The molecule has 0 fully saturated rings. The van der Waals surface area contributed by atoms with E-state index < -0.39 is 5.97 Å². The summed E-state index contributed by atoms with van der Waals surface area (Å²) >= 11 is 3.28. The number of hydrogen-bond acceptors (Lipinski definition) is 1. The van der Waals surface area contributed by atoms with E-state index in [9.17, 15) is 9.18 Å². The Labute approximate surface area is 106 Å². The van der Waals surface area contributed by atoms with Crippen molar-refractivity contribution in [2.75, 3.05) is 0 Å². The zero-order valence-corrected chi connectivity index (χ0v) is 10.3. The van der Waals surface area contributed by atoms with Crippen molar-refractivity contribution in [3.05, 3.63) is 58.1 Å². The van der Waals surface area contributed by atoms with Gasteiger partial charge in [-0.3, -0.25) is 0 Å². The molecule has 0 aliphatic carbocycles. The van der Waals surface area contributed by atoms with Crippen LogP contribution in [0.3, 0.4) is 0 Å². The second-order valence-electron chi connectivity index (χ2n) is 3.61. The summed E-state index contributed by atoms with van der Waals surface area (Å²) in [5.41, 5.74) is 1.12. The van der Waals surface area contributed by atoms with Crippen molar-refractivity contribution in [2.24, 2.45) is 0 Å². The van der Waals surface area contributed by atoms with E-state index in [0.29, 0.717) is 11.1 Å². The molecule has 2 aromatic rings. The molecule has 0 saturated heterocycles. The number of rotatable bonds is 3. The van der Waals surface area contributed by atoms with Gasteiger partial charge in [-0.05, 0) is 39.7 Å². The minimum Gasteiger partial charge on any atom is -0.478 e. The first kappa shape index (κ1) is 11.9. The second-order valence-corrected chi connectivity index (χ2v) is 4.42. The van der Waals surface area contributed by atoms with Crippen LogP contribution < -0.4 is 0 Å². The summed E-state index contributed by atoms with van der Waals surface area (Å²) in [5.74, 6) is -1.25. The molecule has 0 aliphatic heterocycles. The third kappa shape index (κ3) is 2.74. The normalized spacial score (nSPS) is 10.5. The maximum atomic E-state index is 12.7. The van der Waals surface area contributed by atoms with Gasteiger partial charge in [0.25, 0.3) is 0 Å². The third-order valence-electron chi connectivity index (χ3n) is 2.36. The van der Waals surface area contributed by atoms with Crippen molar-refractivity contribution < 1.29 is 14.3 Å². The average Bonchev–Trinajstić information content (AvgIpc) is 2.64. The van der Waals surface area contributed by atoms with Crippen LogP contribution in [0.2, 0.25) is 0 Å². The Balaban J connectivity index is 2.24. The van der Waals surface area contributed by atoms with Gasteiger partial charge in [-0.15, -0.1) is 0 Å². The van der Waals surface area contributed by atoms with Crippen LogP contribution in [0.25, 0.3) is 0 Å². The summed E-state index contributed by atoms with van der Waals surface area (Å²) < 4.78 is 15.1. The molecule has 1 aromatic carbocycles. The standard InChI is InChI=1S/C12H9BrFNO2/c13-11-5-9(12(16)17)7-15(11)6-8-1-3-10(14)4-2-8/h1-5,7H,6H2,(H,16,17). The largest absolute Gasteiger partial charge is 0.478 e. The second kappa shape index (κ2) is 4.71. The summed E-state index contributed by atoms with van der Waals surface area (Å²) in [4.78, 5) is 10.8. The number of hydrogen-bond donors (Lipinski definition) is 1. The number of benzene rings is 1. The molecule has 1 N–H and O–H groups in total. The maximum Gasteiger partial charge on any atom is 0.337 e. The molecule has 0 unspecified atom stereocenters. The van der Waals surface area contributed by atoms with Crippen LogP contribution in [-0.4, -0.2) is 15.6 Å². The molecule has 0 spiro atoms. The van der Waals surface area contributed by atoms with Crippen molar-refractivity contribution in [3.8, 4) is 0 Å². The van der Waals surface area contributed by atoms with Gasteiger partial charge < -0.3 is 9.67 Å². The number of aromatic nitrogens is 1. The fraction of sp³-hybridized carbons (Fsp3) is 0.0833. The Morgan fingerprint density at radius 1 is 1.35 bits per heavy atom. The third-order valence-corrected chi connectivity index (χ3v) is 3.04. The van der Waals surface area contributed by atoms with Gasteiger partial charge in [0.2, 0.25) is 0 Å². The molecule has 1 aromatic heterocycles. The lowest BCUT2D eigenvalue weighted by Crippen LogP contribution is -1.99. The summed E-state index contributed by atoms with van der Waals surface area (Å²) in [6.07, 6.45) is 1.54. The highest BCUT2D eigenvalue weighted by Gasteiger charge is 2.09. The maximum absolute atomic E-state index is 12.7. The van der Waals surface area contributed by atoms with Gasteiger partial charge in [0.05, 0.1) is 10.2 Å². The highest BCUT2D eigenvalue weighted by Crippen LogP contribution is 2.17. The average molecular weight is 298 g/mol. The van der Waals surface area contributed by atoms with E-state index in [2.05, 4.69) is 15.9 Å². The lowest BCUT2D eigenvalue weighted by Gasteiger charge is -2.04. The van der Waals surface area contributed by atoms with Crippen LogP contribution in [0.15, 0.2) is 41.1 Å². The highest BCUT2D eigenvalue weighted by atomic mass is 79.9. The van der Waals surface area contributed by atoms with Gasteiger partial charge in [0.15, 0.2) is 0 Å². The lowest BCUT2D eigenvalue weighted by molar-refractivity contribution is 0.0697. The smallest absolute Gasteiger partial charge is 0.337 e. The minimum atomic E-state index is -0.969. The molecular weight excluding hydrogens is 289 g/mol. The van der Waals surface area contributed by atoms with Gasteiger partial charge in [0, 0.05) is 12.7 Å². The van der Waals surface area contributed by atoms with Crippen molar-refractivity contribution in [2.45, 2.75) is 6.54 Å². The number of halogens is 2. The molecule has 17 heavy (non-hydrogen) atoms. The van der Waals surface area contributed by atoms with E-state index in [1.807, 2.05) is 0 Å². The fourth-order valence-corrected chi connectivity index (χ4v) is 1.98. The quantitative estimate of drug-likeness (QED) is 0.946. The van der Waals surface area contributed by atoms with E-state index in [1.165, 1.54) is 24.4 Å². The molecule has 1 heterocycles. The van der Waals surface area contributed by atoms with Gasteiger partial charge >= 0.3 is 5.97 Å². The molecule has 0 saturated carbocycles. The van der Waals surface area contributed by atoms with Gasteiger partial charge in [-0.2, -0.15) is 0 Å². The molecule has 3 nitrogen and oxygen atoms in total. The Bertz CT molecular complexity index is 548. The van der Waals surface area contributed by atoms with Crippen LogP contribution >= 0.6 is 15.9 Å². The minimum absolute atomic E-state index is 0.221. The monoisotopic (exact) mass is 297 g/mol. The Hall–Kier alpha value is -1.62. The lowest BCUT2D eigenvalue weighted by atomic mass is 10.2. The molecule has 2 rings (SSSR count). The first-order valence-electron chi connectivity index (χ1n) is 4.89. The summed E-state index contributed by atoms with van der Waals surface area (Å²) in [6, 6.07) is 7.63. The highest BCUT2D eigenvalue weighted by molar-refractivity contribution is 9.10. The Morgan fingerprint density at radius 3 is 2.53 bits per heavy atom. The number of carbonyl (C=O) groups is 1. The molecule has 0 aliphatic rings. The Kier molecular flexibility index (Phi) is 3.28. The van der Waals surface area contributed by atoms with Crippen LogP contribution in [-0.2, 0) is 6.54 Å². The molecule has 5 heteroatoms. The van der Waals surface area contributed by atoms with Crippen molar-refractivity contribution in [3.63, 3.8) is 0 Å². The van der Waals surface area contributed by atoms with Gasteiger partial charge in [-0.1, -0.05) is 12.1 Å². The zero-order chi connectivity index (χ0) is 12.4. The molecular formula is C12H9BrFNO2. The van der Waals surface area contributed by atoms with Crippen molar-refractivity contribution in [1.29, 1.82) is 0 Å². The predicted molar refractivity (Wildman–Crippen MR) is 64.6 cm³/mol. The molecule has 0 radical (unpaired) electrons. The van der Waals surface area contributed by atoms with E-state index in [1.54, 1.807) is 16.7 Å². The van der Waals surface area contributed by atoms with Crippen LogP contribution in [0.5, 0.6) is 0 Å². The number of carboxylic acid groups (broad SMARTS) is 1. The van der Waals surface area contributed by atoms with Gasteiger partial charge in [0.1, 0.15) is 5.82 Å². The fourth-order valence-electron chi connectivity index (χ4n) is 1.50. The van der Waals surface area contributed by atoms with Crippen molar-refractivity contribution in [1.82, 2.24) is 4.57 Å². The van der Waals surface area contributed by atoms with Crippen LogP contribution in [0.1, 0.15) is 15.9 Å². The topological polar surface area (TPSA) is 42.2 Å². The summed E-state index contributed by atoms with van der Waals surface area (Å²) in [6.45, 7) is 0.494. The number of aromatic carboxylic acids is 1. The van der Waals surface area contributed by atoms with E-state index in [0.717, 1.165) is 5.56 Å². The van der Waals surface area contributed by atoms with Crippen LogP contribution in [0, 0.1) is 5.82 Å². The predicted octanol–water partition coefficient (Wildman–Crippen LogP) is 3.14. The number of nitrogens with zero attached hydrogens (tertiary/aromatic N) is 1.